The molecule has 0 aliphatic heterocycles. The minimum Gasteiger partial charge on any atom is -0.462 e. The maximum absolute atomic E-state index is 13.1. The number of aromatic nitrogens is 4. The van der Waals surface area contributed by atoms with Gasteiger partial charge < -0.3 is 10.1 Å². The van der Waals surface area contributed by atoms with E-state index in [0.29, 0.717) is 11.6 Å². The first kappa shape index (κ1) is 20.5. The molecule has 4 rings (SSSR count). The van der Waals surface area contributed by atoms with Crippen molar-refractivity contribution in [2.45, 2.75) is 38.6 Å². The van der Waals surface area contributed by atoms with E-state index in [1.54, 1.807) is 32.0 Å². The van der Waals surface area contributed by atoms with E-state index in [1.807, 2.05) is 18.2 Å². The Hall–Kier alpha value is -3.75. The van der Waals surface area contributed by atoms with E-state index in [9.17, 15) is 14.4 Å². The molecule has 2 heterocycles. The van der Waals surface area contributed by atoms with Crippen molar-refractivity contribution in [1.82, 2.24) is 19.6 Å². The van der Waals surface area contributed by atoms with Gasteiger partial charge in [-0.15, -0.1) is 0 Å². The molecule has 9 nitrogen and oxygen atoms in total. The summed E-state index contributed by atoms with van der Waals surface area (Å²) in [5.74, 6) is -0.575. The Balaban J connectivity index is 1.67. The highest BCUT2D eigenvalue weighted by molar-refractivity contribution is 6.01. The molecule has 1 fully saturated rings. The zero-order valence-corrected chi connectivity index (χ0v) is 17.3. The van der Waals surface area contributed by atoms with Gasteiger partial charge in [-0.25, -0.2) is 14.2 Å². The van der Waals surface area contributed by atoms with Gasteiger partial charge in [-0.1, -0.05) is 18.2 Å². The van der Waals surface area contributed by atoms with Crippen LogP contribution in [0.5, 0.6) is 0 Å². The molecule has 1 aliphatic carbocycles. The molecular weight excluding hydrogens is 398 g/mol. The van der Waals surface area contributed by atoms with Crippen LogP contribution in [0.25, 0.3) is 5.69 Å². The number of esters is 1. The molecule has 160 valence electrons. The van der Waals surface area contributed by atoms with E-state index < -0.39 is 17.9 Å². The van der Waals surface area contributed by atoms with E-state index in [1.165, 1.54) is 21.6 Å². The number of para-hydroxylation sites is 1. The standard InChI is InChI=1S/C22H23N5O4/c1-3-31-22(30)17-13-23-27(16-7-5-4-6-8-16)20(17)24-21(29)14(2)26-19(28)12-11-18(25-26)15-9-10-15/h4-8,11-15H,3,9-10H2,1-2H3,(H,24,29). The first-order valence-corrected chi connectivity index (χ1v) is 10.2. The van der Waals surface area contributed by atoms with Gasteiger partial charge in [-0.2, -0.15) is 10.2 Å². The molecule has 1 unspecified atom stereocenters. The van der Waals surface area contributed by atoms with Crippen molar-refractivity contribution in [3.63, 3.8) is 0 Å². The van der Waals surface area contributed by atoms with E-state index >= 15 is 0 Å². The molecule has 1 aliphatic rings. The second-order valence-electron chi connectivity index (χ2n) is 7.36. The third-order valence-electron chi connectivity index (χ3n) is 5.09. The lowest BCUT2D eigenvalue weighted by Gasteiger charge is -2.16. The molecule has 1 amide bonds. The van der Waals surface area contributed by atoms with Crippen molar-refractivity contribution < 1.29 is 14.3 Å². The van der Waals surface area contributed by atoms with Gasteiger partial charge in [0.1, 0.15) is 11.6 Å². The average Bonchev–Trinajstić information content (AvgIpc) is 3.54. The Morgan fingerprint density at radius 2 is 1.94 bits per heavy atom. The van der Waals surface area contributed by atoms with Crippen molar-refractivity contribution in [3.8, 4) is 5.69 Å². The van der Waals surface area contributed by atoms with Gasteiger partial charge in [0.25, 0.3) is 5.56 Å². The van der Waals surface area contributed by atoms with Gasteiger partial charge in [-0.3, -0.25) is 9.59 Å². The zero-order valence-electron chi connectivity index (χ0n) is 17.3. The number of anilines is 1. The Labute approximate surface area is 178 Å². The summed E-state index contributed by atoms with van der Waals surface area (Å²) in [5.41, 5.74) is 1.22. The van der Waals surface area contributed by atoms with E-state index in [4.69, 9.17) is 4.74 Å². The molecule has 0 saturated heterocycles. The third-order valence-corrected chi connectivity index (χ3v) is 5.09. The van der Waals surface area contributed by atoms with Crippen LogP contribution in [0.15, 0.2) is 53.5 Å². The summed E-state index contributed by atoms with van der Waals surface area (Å²) in [6.45, 7) is 3.48. The number of benzene rings is 1. The summed E-state index contributed by atoms with van der Waals surface area (Å²) in [7, 11) is 0. The minimum atomic E-state index is -0.889. The van der Waals surface area contributed by atoms with Crippen LogP contribution in [0.2, 0.25) is 0 Å². The Bertz CT molecular complexity index is 1160. The van der Waals surface area contributed by atoms with Gasteiger partial charge in [0.05, 0.1) is 24.2 Å². The summed E-state index contributed by atoms with van der Waals surface area (Å²) in [6.07, 6.45) is 3.42. The second-order valence-corrected chi connectivity index (χ2v) is 7.36. The first-order valence-electron chi connectivity index (χ1n) is 10.2. The SMILES string of the molecule is CCOC(=O)c1cnn(-c2ccccc2)c1NC(=O)C(C)n1nc(C2CC2)ccc1=O. The summed E-state index contributed by atoms with van der Waals surface area (Å²) >= 11 is 0. The fraction of sp³-hybridized carbons (Fsp3) is 0.318. The number of nitrogens with one attached hydrogen (secondary N) is 1. The predicted molar refractivity (Wildman–Crippen MR) is 113 cm³/mol. The van der Waals surface area contributed by atoms with Gasteiger partial charge in [0.15, 0.2) is 5.82 Å². The Morgan fingerprint density at radius 3 is 2.61 bits per heavy atom. The molecule has 0 radical (unpaired) electrons. The van der Waals surface area contributed by atoms with Crippen molar-refractivity contribution in [2.75, 3.05) is 11.9 Å². The van der Waals surface area contributed by atoms with Crippen LogP contribution in [0.3, 0.4) is 0 Å². The van der Waals surface area contributed by atoms with Gasteiger partial charge in [0.2, 0.25) is 5.91 Å². The number of nitrogens with zero attached hydrogens (tertiary/aromatic N) is 4. The summed E-state index contributed by atoms with van der Waals surface area (Å²) < 4.78 is 7.73. The molecule has 9 heteroatoms. The maximum Gasteiger partial charge on any atom is 0.343 e. The first-order chi connectivity index (χ1) is 15.0. The van der Waals surface area contributed by atoms with E-state index in [2.05, 4.69) is 15.5 Å². The minimum absolute atomic E-state index is 0.123. The molecule has 3 aromatic rings. The van der Waals surface area contributed by atoms with Crippen LogP contribution < -0.4 is 10.9 Å². The predicted octanol–water partition coefficient (Wildman–Crippen LogP) is 2.68. The topological polar surface area (TPSA) is 108 Å². The van der Waals surface area contributed by atoms with Gasteiger partial charge in [-0.05, 0) is 44.9 Å². The van der Waals surface area contributed by atoms with Crippen LogP contribution in [0.4, 0.5) is 5.82 Å². The lowest BCUT2D eigenvalue weighted by Crippen LogP contribution is -2.34. The average molecular weight is 421 g/mol. The van der Waals surface area contributed by atoms with Gasteiger partial charge in [0, 0.05) is 12.0 Å². The van der Waals surface area contributed by atoms with Crippen molar-refractivity contribution in [3.05, 3.63) is 70.3 Å². The normalized spacial score (nSPS) is 14.1. The number of hydrogen-bond acceptors (Lipinski definition) is 6. The smallest absolute Gasteiger partial charge is 0.343 e. The van der Waals surface area contributed by atoms with Crippen LogP contribution in [-0.4, -0.2) is 38.0 Å². The number of amides is 1. The van der Waals surface area contributed by atoms with Gasteiger partial charge >= 0.3 is 5.97 Å². The highest BCUT2D eigenvalue weighted by Crippen LogP contribution is 2.38. The maximum atomic E-state index is 13.1. The Morgan fingerprint density at radius 1 is 1.19 bits per heavy atom. The molecule has 2 aromatic heterocycles. The highest BCUT2D eigenvalue weighted by Gasteiger charge is 2.28. The fourth-order valence-electron chi connectivity index (χ4n) is 3.24. The Kier molecular flexibility index (Phi) is 5.66. The van der Waals surface area contributed by atoms with E-state index in [0.717, 1.165) is 18.5 Å². The number of ether oxygens (including phenoxy) is 1. The lowest BCUT2D eigenvalue weighted by molar-refractivity contribution is -0.119. The summed E-state index contributed by atoms with van der Waals surface area (Å²) in [5, 5.41) is 11.4. The van der Waals surface area contributed by atoms with Crippen LogP contribution >= 0.6 is 0 Å². The van der Waals surface area contributed by atoms with Crippen molar-refractivity contribution in [2.24, 2.45) is 0 Å². The van der Waals surface area contributed by atoms with Crippen LogP contribution in [0.1, 0.15) is 54.7 Å². The largest absolute Gasteiger partial charge is 0.462 e. The molecule has 0 spiro atoms. The molecular formula is C22H23N5O4. The fourth-order valence-corrected chi connectivity index (χ4v) is 3.24. The van der Waals surface area contributed by atoms with Crippen LogP contribution in [0, 0.1) is 0 Å². The molecule has 31 heavy (non-hydrogen) atoms. The third kappa shape index (κ3) is 4.25. The monoisotopic (exact) mass is 421 g/mol. The number of carbonyl (C=O) groups excluding carboxylic acids is 2. The molecule has 1 saturated carbocycles. The molecule has 1 atom stereocenters. The highest BCUT2D eigenvalue weighted by atomic mass is 16.5. The molecule has 0 bridgehead atoms. The summed E-state index contributed by atoms with van der Waals surface area (Å²) in [4.78, 5) is 37.8. The van der Waals surface area contributed by atoms with E-state index in [-0.39, 0.29) is 23.5 Å². The number of rotatable bonds is 7. The lowest BCUT2D eigenvalue weighted by atomic mass is 10.2. The zero-order chi connectivity index (χ0) is 22.0. The number of hydrogen-bond donors (Lipinski definition) is 1. The molecule has 1 N–H and O–H groups in total. The second kappa shape index (κ2) is 8.55. The van der Waals surface area contributed by atoms with Crippen molar-refractivity contribution >= 4 is 17.7 Å². The van der Waals surface area contributed by atoms with Crippen LogP contribution in [-0.2, 0) is 9.53 Å². The van der Waals surface area contributed by atoms with Crippen molar-refractivity contribution in [1.29, 1.82) is 0 Å². The summed E-state index contributed by atoms with van der Waals surface area (Å²) in [6, 6.07) is 11.3. The molecule has 1 aromatic carbocycles. The quantitative estimate of drug-likeness (QED) is 0.588. The number of carbonyl (C=O) groups is 2.